The highest BCUT2D eigenvalue weighted by Crippen LogP contribution is 2.18. The van der Waals surface area contributed by atoms with Gasteiger partial charge >= 0.3 is 0 Å². The van der Waals surface area contributed by atoms with Gasteiger partial charge < -0.3 is 10.1 Å². The number of hydrogen-bond donors (Lipinski definition) is 1. The Morgan fingerprint density at radius 3 is 2.62 bits per heavy atom. The van der Waals surface area contributed by atoms with Crippen molar-refractivity contribution in [3.05, 3.63) is 0 Å². The van der Waals surface area contributed by atoms with E-state index in [-0.39, 0.29) is 0 Å². The van der Waals surface area contributed by atoms with Crippen molar-refractivity contribution in [1.82, 2.24) is 5.32 Å². The van der Waals surface area contributed by atoms with E-state index in [1.807, 2.05) is 0 Å². The number of hydrogen-bond acceptors (Lipinski definition) is 2. The van der Waals surface area contributed by atoms with Gasteiger partial charge in [-0.2, -0.15) is 0 Å². The van der Waals surface area contributed by atoms with Crippen molar-refractivity contribution in [2.45, 2.75) is 71.4 Å². The summed E-state index contributed by atoms with van der Waals surface area (Å²) >= 11 is 0. The van der Waals surface area contributed by atoms with Crippen LogP contribution in [-0.4, -0.2) is 25.3 Å². The summed E-state index contributed by atoms with van der Waals surface area (Å²) in [4.78, 5) is 0. The van der Waals surface area contributed by atoms with E-state index in [1.54, 1.807) is 0 Å². The van der Waals surface area contributed by atoms with Crippen LogP contribution in [-0.2, 0) is 4.74 Å². The Labute approximate surface area is 101 Å². The first kappa shape index (κ1) is 14.0. The minimum Gasteiger partial charge on any atom is -0.381 e. The van der Waals surface area contributed by atoms with Crippen LogP contribution >= 0.6 is 0 Å². The van der Waals surface area contributed by atoms with Crippen LogP contribution in [0.5, 0.6) is 0 Å². The van der Waals surface area contributed by atoms with Crippen molar-refractivity contribution in [2.75, 3.05) is 13.2 Å². The molecule has 1 rings (SSSR count). The smallest absolute Gasteiger partial charge is 0.0509 e. The average molecular weight is 227 g/mol. The summed E-state index contributed by atoms with van der Waals surface area (Å²) in [6.07, 6.45) is 7.84. The molecule has 0 aromatic carbocycles. The molecule has 1 aliphatic heterocycles. The lowest BCUT2D eigenvalue weighted by Gasteiger charge is -2.26. The molecule has 3 atom stereocenters. The Balaban J connectivity index is 2.27. The van der Waals surface area contributed by atoms with Gasteiger partial charge in [0, 0.05) is 18.7 Å². The topological polar surface area (TPSA) is 21.3 Å². The maximum absolute atomic E-state index is 5.46. The maximum Gasteiger partial charge on any atom is 0.0509 e. The van der Waals surface area contributed by atoms with Gasteiger partial charge in [0.1, 0.15) is 0 Å². The lowest BCUT2D eigenvalue weighted by Crippen LogP contribution is -2.41. The molecule has 0 aliphatic carbocycles. The zero-order valence-corrected chi connectivity index (χ0v) is 11.3. The quantitative estimate of drug-likeness (QED) is 0.686. The number of unbranched alkanes of at least 4 members (excludes halogenated alkanes) is 1. The Morgan fingerprint density at radius 1 is 1.25 bits per heavy atom. The van der Waals surface area contributed by atoms with Crippen LogP contribution in [0.15, 0.2) is 0 Å². The normalized spacial score (nSPS) is 24.6. The van der Waals surface area contributed by atoms with Crippen molar-refractivity contribution >= 4 is 0 Å². The highest BCUT2D eigenvalue weighted by Gasteiger charge is 2.23. The second kappa shape index (κ2) is 8.08. The molecule has 0 saturated carbocycles. The largest absolute Gasteiger partial charge is 0.381 e. The van der Waals surface area contributed by atoms with Crippen LogP contribution in [0.25, 0.3) is 0 Å². The van der Waals surface area contributed by atoms with Crippen molar-refractivity contribution in [3.63, 3.8) is 0 Å². The fraction of sp³-hybridized carbons (Fsp3) is 1.00. The summed E-state index contributed by atoms with van der Waals surface area (Å²) in [7, 11) is 0. The van der Waals surface area contributed by atoms with E-state index in [9.17, 15) is 0 Å². The van der Waals surface area contributed by atoms with Crippen LogP contribution in [0.1, 0.15) is 59.3 Å². The predicted octanol–water partition coefficient (Wildman–Crippen LogP) is 3.36. The van der Waals surface area contributed by atoms with E-state index in [2.05, 4.69) is 26.1 Å². The lowest BCUT2D eigenvalue weighted by molar-refractivity contribution is 0.175. The van der Waals surface area contributed by atoms with E-state index in [4.69, 9.17) is 4.74 Å². The highest BCUT2D eigenvalue weighted by molar-refractivity contribution is 4.79. The molecule has 1 aliphatic rings. The molecule has 1 fully saturated rings. The van der Waals surface area contributed by atoms with Crippen molar-refractivity contribution < 1.29 is 4.74 Å². The Morgan fingerprint density at radius 2 is 2.06 bits per heavy atom. The van der Waals surface area contributed by atoms with Crippen LogP contribution in [0.4, 0.5) is 0 Å². The molecule has 2 nitrogen and oxygen atoms in total. The van der Waals surface area contributed by atoms with Crippen molar-refractivity contribution in [1.29, 1.82) is 0 Å². The van der Waals surface area contributed by atoms with Gasteiger partial charge in [0.2, 0.25) is 0 Å². The van der Waals surface area contributed by atoms with Gasteiger partial charge in [-0.3, -0.25) is 0 Å². The second-order valence-electron chi connectivity index (χ2n) is 5.21. The van der Waals surface area contributed by atoms with Crippen molar-refractivity contribution in [2.24, 2.45) is 5.92 Å². The Hall–Kier alpha value is -0.0800. The fourth-order valence-corrected chi connectivity index (χ4v) is 2.56. The molecule has 1 N–H and O–H groups in total. The molecular formula is C14H29NO. The fourth-order valence-electron chi connectivity index (χ4n) is 2.56. The molecule has 0 amide bonds. The van der Waals surface area contributed by atoms with E-state index < -0.39 is 0 Å². The summed E-state index contributed by atoms with van der Waals surface area (Å²) in [6, 6.07) is 1.34. The van der Waals surface area contributed by atoms with Gasteiger partial charge in [-0.1, -0.05) is 33.1 Å². The van der Waals surface area contributed by atoms with Gasteiger partial charge in [0.15, 0.2) is 0 Å². The van der Waals surface area contributed by atoms with Gasteiger partial charge in [-0.25, -0.2) is 0 Å². The van der Waals surface area contributed by atoms with Gasteiger partial charge in [0.05, 0.1) is 6.61 Å². The molecule has 1 saturated heterocycles. The van der Waals surface area contributed by atoms with E-state index in [0.717, 1.165) is 25.2 Å². The predicted molar refractivity (Wildman–Crippen MR) is 69.7 cm³/mol. The van der Waals surface area contributed by atoms with Crippen LogP contribution in [0.2, 0.25) is 0 Å². The second-order valence-corrected chi connectivity index (χ2v) is 5.21. The minimum absolute atomic E-state index is 0.621. The third kappa shape index (κ3) is 4.84. The number of rotatable bonds is 8. The van der Waals surface area contributed by atoms with Gasteiger partial charge in [-0.05, 0) is 32.1 Å². The molecule has 96 valence electrons. The summed E-state index contributed by atoms with van der Waals surface area (Å²) in [5.41, 5.74) is 0. The average Bonchev–Trinajstić information content (AvgIpc) is 2.79. The molecule has 0 spiro atoms. The Bertz CT molecular complexity index is 166. The Kier molecular flexibility index (Phi) is 7.06. The summed E-state index contributed by atoms with van der Waals surface area (Å²) < 4.78 is 5.46. The third-order valence-corrected chi connectivity index (χ3v) is 3.71. The maximum atomic E-state index is 5.46. The summed E-state index contributed by atoms with van der Waals surface area (Å²) in [5.74, 6) is 0.737. The highest BCUT2D eigenvalue weighted by atomic mass is 16.5. The molecule has 2 heteroatoms. The van der Waals surface area contributed by atoms with Crippen molar-refractivity contribution in [3.8, 4) is 0 Å². The summed E-state index contributed by atoms with van der Waals surface area (Å²) in [6.45, 7) is 8.81. The standard InChI is InChI=1S/C14H29NO/c1-4-6-8-14(7-5-2)15-12(3)13-9-10-16-11-13/h12-15H,4-11H2,1-3H3. The van der Waals surface area contributed by atoms with E-state index >= 15 is 0 Å². The van der Waals surface area contributed by atoms with Crippen LogP contribution in [0, 0.1) is 5.92 Å². The minimum atomic E-state index is 0.621. The molecule has 0 aromatic heterocycles. The third-order valence-electron chi connectivity index (χ3n) is 3.71. The number of nitrogens with one attached hydrogen (secondary N) is 1. The van der Waals surface area contributed by atoms with Gasteiger partial charge in [-0.15, -0.1) is 0 Å². The SMILES string of the molecule is CCCCC(CCC)NC(C)C1CCOC1. The van der Waals surface area contributed by atoms with Crippen LogP contribution < -0.4 is 5.32 Å². The first-order chi connectivity index (χ1) is 7.77. The first-order valence-electron chi connectivity index (χ1n) is 7.11. The molecule has 3 unspecified atom stereocenters. The zero-order chi connectivity index (χ0) is 11.8. The molecule has 0 aromatic rings. The van der Waals surface area contributed by atoms with Gasteiger partial charge in [0.25, 0.3) is 0 Å². The molecule has 16 heavy (non-hydrogen) atoms. The zero-order valence-electron chi connectivity index (χ0n) is 11.3. The summed E-state index contributed by atoms with van der Waals surface area (Å²) in [5, 5.41) is 3.81. The molecule has 1 heterocycles. The first-order valence-corrected chi connectivity index (χ1v) is 7.11. The molecule has 0 radical (unpaired) electrons. The van der Waals surface area contributed by atoms with E-state index in [1.165, 1.54) is 38.5 Å². The number of ether oxygens (including phenoxy) is 1. The van der Waals surface area contributed by atoms with Crippen LogP contribution in [0.3, 0.4) is 0 Å². The lowest BCUT2D eigenvalue weighted by atomic mass is 9.97. The molecule has 0 bridgehead atoms. The molecular weight excluding hydrogens is 198 g/mol. The monoisotopic (exact) mass is 227 g/mol. The van der Waals surface area contributed by atoms with E-state index in [0.29, 0.717) is 6.04 Å².